The van der Waals surface area contributed by atoms with Crippen LogP contribution in [0.4, 0.5) is 4.39 Å². The van der Waals surface area contributed by atoms with Crippen molar-refractivity contribution < 1.29 is 4.39 Å². The molecular weight excluding hydrogens is 293 g/mol. The lowest BCUT2D eigenvalue weighted by Gasteiger charge is -2.22. The van der Waals surface area contributed by atoms with Crippen molar-refractivity contribution >= 4 is 0 Å². The van der Waals surface area contributed by atoms with Gasteiger partial charge in [-0.15, -0.1) is 5.10 Å². The minimum atomic E-state index is -0.191. The highest BCUT2D eigenvalue weighted by Gasteiger charge is 2.28. The van der Waals surface area contributed by atoms with E-state index in [1.807, 2.05) is 16.8 Å². The Morgan fingerprint density at radius 2 is 1.96 bits per heavy atom. The molecule has 1 saturated carbocycles. The van der Waals surface area contributed by atoms with Gasteiger partial charge in [-0.25, -0.2) is 9.07 Å². The monoisotopic (exact) mass is 317 g/mol. The average Bonchev–Trinajstić information content (AvgIpc) is 3.29. The third-order valence-corrected chi connectivity index (χ3v) is 4.22. The molecule has 5 nitrogen and oxygen atoms in total. The molecule has 0 spiro atoms. The van der Waals surface area contributed by atoms with E-state index in [0.29, 0.717) is 6.04 Å². The minimum absolute atomic E-state index is 0.191. The average molecular weight is 317 g/mol. The summed E-state index contributed by atoms with van der Waals surface area (Å²) < 4.78 is 15.1. The Hall–Kier alpha value is -1.82. The summed E-state index contributed by atoms with van der Waals surface area (Å²) in [6.45, 7) is 4.74. The molecule has 0 radical (unpaired) electrons. The Morgan fingerprint density at radius 3 is 2.65 bits per heavy atom. The van der Waals surface area contributed by atoms with Crippen LogP contribution < -0.4 is 0 Å². The summed E-state index contributed by atoms with van der Waals surface area (Å²) in [5.41, 5.74) is 1.12. The van der Waals surface area contributed by atoms with Gasteiger partial charge in [0.05, 0.1) is 12.6 Å². The Labute approximate surface area is 136 Å². The van der Waals surface area contributed by atoms with Gasteiger partial charge in [0, 0.05) is 6.54 Å². The zero-order valence-electron chi connectivity index (χ0n) is 13.7. The van der Waals surface area contributed by atoms with E-state index in [-0.39, 0.29) is 5.82 Å². The third-order valence-electron chi connectivity index (χ3n) is 4.22. The smallest absolute Gasteiger partial charge is 0.165 e. The molecule has 0 N–H and O–H groups in total. The number of benzene rings is 1. The molecule has 0 atom stereocenters. The quantitative estimate of drug-likeness (QED) is 0.666. The Bertz CT molecular complexity index is 606. The molecule has 0 aliphatic heterocycles. The maximum Gasteiger partial charge on any atom is 0.165 e. The van der Waals surface area contributed by atoms with Crippen molar-refractivity contribution in [1.29, 1.82) is 0 Å². The van der Waals surface area contributed by atoms with E-state index in [0.717, 1.165) is 37.4 Å². The van der Waals surface area contributed by atoms with Crippen molar-refractivity contribution in [2.24, 2.45) is 0 Å². The first-order chi connectivity index (χ1) is 11.3. The van der Waals surface area contributed by atoms with Gasteiger partial charge >= 0.3 is 0 Å². The molecule has 0 unspecified atom stereocenters. The lowest BCUT2D eigenvalue weighted by atomic mass is 10.2. The highest BCUT2D eigenvalue weighted by atomic mass is 19.1. The van der Waals surface area contributed by atoms with Gasteiger partial charge in [-0.3, -0.25) is 4.90 Å². The van der Waals surface area contributed by atoms with Gasteiger partial charge in [-0.1, -0.05) is 31.9 Å². The molecule has 6 heteroatoms. The molecule has 1 heterocycles. The van der Waals surface area contributed by atoms with Crippen LogP contribution in [0.3, 0.4) is 0 Å². The number of tetrazole rings is 1. The Balaban J connectivity index is 1.66. The molecule has 3 rings (SSSR count). The number of nitrogens with zero attached hydrogens (tertiary/aromatic N) is 5. The van der Waals surface area contributed by atoms with Crippen LogP contribution in [0.1, 0.15) is 56.5 Å². The summed E-state index contributed by atoms with van der Waals surface area (Å²) in [6.07, 6.45) is 5.91. The first-order valence-corrected chi connectivity index (χ1v) is 8.50. The molecule has 23 heavy (non-hydrogen) atoms. The molecular formula is C17H24FN5. The van der Waals surface area contributed by atoms with Crippen molar-refractivity contribution in [1.82, 2.24) is 25.1 Å². The second-order valence-electron chi connectivity index (χ2n) is 6.32. The number of aromatic nitrogens is 4. The number of unbranched alkanes of at least 4 members (excludes halogenated alkanes) is 2. The van der Waals surface area contributed by atoms with Crippen LogP contribution in [0.15, 0.2) is 24.3 Å². The van der Waals surface area contributed by atoms with Crippen LogP contribution in [0.25, 0.3) is 0 Å². The summed E-state index contributed by atoms with van der Waals surface area (Å²) in [6, 6.07) is 7.24. The lowest BCUT2D eigenvalue weighted by Crippen LogP contribution is -2.26. The van der Waals surface area contributed by atoms with E-state index in [9.17, 15) is 4.39 Å². The molecule has 1 aromatic carbocycles. The summed E-state index contributed by atoms with van der Waals surface area (Å²) in [5, 5.41) is 12.2. The molecule has 2 aromatic rings. The van der Waals surface area contributed by atoms with E-state index < -0.39 is 0 Å². The molecule has 124 valence electrons. The predicted octanol–water partition coefficient (Wildman–Crippen LogP) is 3.34. The fraction of sp³-hybridized carbons (Fsp3) is 0.588. The summed E-state index contributed by atoms with van der Waals surface area (Å²) in [4.78, 5) is 2.35. The maximum absolute atomic E-state index is 13.1. The topological polar surface area (TPSA) is 46.8 Å². The first kappa shape index (κ1) is 16.1. The number of hydrogen-bond acceptors (Lipinski definition) is 4. The third kappa shape index (κ3) is 4.58. The number of rotatable bonds is 9. The maximum atomic E-state index is 13.1. The number of hydrogen-bond donors (Lipinski definition) is 0. The van der Waals surface area contributed by atoms with Crippen molar-refractivity contribution in [2.75, 3.05) is 6.54 Å². The zero-order chi connectivity index (χ0) is 16.1. The summed E-state index contributed by atoms with van der Waals surface area (Å²) in [7, 11) is 0. The van der Waals surface area contributed by atoms with Gasteiger partial charge in [-0.05, 0) is 53.9 Å². The minimum Gasteiger partial charge on any atom is -0.292 e. The van der Waals surface area contributed by atoms with Crippen LogP contribution in [-0.4, -0.2) is 31.7 Å². The second kappa shape index (κ2) is 7.64. The van der Waals surface area contributed by atoms with Crippen LogP contribution in [-0.2, 0) is 13.1 Å². The van der Waals surface area contributed by atoms with Crippen molar-refractivity contribution in [2.45, 2.75) is 58.2 Å². The standard InChI is InChI=1S/C17H24FN5/c1-2-3-4-11-22(12-14-5-7-15(18)8-6-14)13-17-19-20-21-23(17)16-9-10-16/h5-8,16H,2-4,9-13H2,1H3. The molecule has 1 aliphatic rings. The fourth-order valence-electron chi connectivity index (χ4n) is 2.77. The van der Waals surface area contributed by atoms with E-state index in [2.05, 4.69) is 27.3 Å². The van der Waals surface area contributed by atoms with Gasteiger partial charge in [0.15, 0.2) is 5.82 Å². The zero-order valence-corrected chi connectivity index (χ0v) is 13.7. The van der Waals surface area contributed by atoms with E-state index in [1.165, 1.54) is 37.8 Å². The van der Waals surface area contributed by atoms with Gasteiger partial charge in [0.25, 0.3) is 0 Å². The molecule has 1 aliphatic carbocycles. The highest BCUT2D eigenvalue weighted by Crippen LogP contribution is 2.34. The molecule has 1 aromatic heterocycles. The van der Waals surface area contributed by atoms with Gasteiger partial charge in [0.1, 0.15) is 5.82 Å². The van der Waals surface area contributed by atoms with Gasteiger partial charge < -0.3 is 0 Å². The molecule has 1 fully saturated rings. The van der Waals surface area contributed by atoms with Gasteiger partial charge in [0.2, 0.25) is 0 Å². The Kier molecular flexibility index (Phi) is 5.33. The molecule has 0 amide bonds. The van der Waals surface area contributed by atoms with Gasteiger partial charge in [-0.2, -0.15) is 0 Å². The van der Waals surface area contributed by atoms with E-state index in [4.69, 9.17) is 0 Å². The van der Waals surface area contributed by atoms with Crippen LogP contribution in [0.5, 0.6) is 0 Å². The van der Waals surface area contributed by atoms with Crippen molar-refractivity contribution in [3.05, 3.63) is 41.5 Å². The number of halogens is 1. The van der Waals surface area contributed by atoms with Crippen molar-refractivity contribution in [3.8, 4) is 0 Å². The fourth-order valence-corrected chi connectivity index (χ4v) is 2.77. The SMILES string of the molecule is CCCCCN(Cc1ccc(F)cc1)Cc1nnnn1C1CC1. The van der Waals surface area contributed by atoms with E-state index >= 15 is 0 Å². The van der Waals surface area contributed by atoms with Crippen LogP contribution in [0.2, 0.25) is 0 Å². The summed E-state index contributed by atoms with van der Waals surface area (Å²) >= 11 is 0. The van der Waals surface area contributed by atoms with Crippen molar-refractivity contribution in [3.63, 3.8) is 0 Å². The lowest BCUT2D eigenvalue weighted by molar-refractivity contribution is 0.239. The normalized spacial score (nSPS) is 14.6. The van der Waals surface area contributed by atoms with E-state index in [1.54, 1.807) is 0 Å². The Morgan fingerprint density at radius 1 is 1.17 bits per heavy atom. The molecule has 0 saturated heterocycles. The molecule has 0 bridgehead atoms. The van der Waals surface area contributed by atoms with Crippen LogP contribution in [0, 0.1) is 5.82 Å². The predicted molar refractivity (Wildman–Crippen MR) is 86.1 cm³/mol. The van der Waals surface area contributed by atoms with Crippen LogP contribution >= 0.6 is 0 Å². The highest BCUT2D eigenvalue weighted by molar-refractivity contribution is 5.16. The summed E-state index contributed by atoms with van der Waals surface area (Å²) in [5.74, 6) is 0.745. The second-order valence-corrected chi connectivity index (χ2v) is 6.32. The largest absolute Gasteiger partial charge is 0.292 e. The first-order valence-electron chi connectivity index (χ1n) is 8.50.